The van der Waals surface area contributed by atoms with Gasteiger partial charge in [0.2, 0.25) is 15.9 Å². The number of nitrogens with one attached hydrogen (secondary N) is 1. The summed E-state index contributed by atoms with van der Waals surface area (Å²) in [6.45, 7) is 2.08. The van der Waals surface area contributed by atoms with E-state index < -0.39 is 15.9 Å². The van der Waals surface area contributed by atoms with E-state index in [-0.39, 0.29) is 18.2 Å². The number of rotatable bonds is 4. The molecule has 1 aromatic rings. The maximum absolute atomic E-state index is 12.4. The quantitative estimate of drug-likeness (QED) is 0.851. The van der Waals surface area contributed by atoms with Crippen LogP contribution in [0.4, 0.5) is 5.69 Å². The van der Waals surface area contributed by atoms with Crippen LogP contribution in [0.15, 0.2) is 24.3 Å². The molecule has 0 radical (unpaired) electrons. The minimum Gasteiger partial charge on any atom is -0.325 e. The Labute approximate surface area is 130 Å². The monoisotopic (exact) mass is 324 g/mol. The molecule has 0 saturated carbocycles. The summed E-state index contributed by atoms with van der Waals surface area (Å²) in [7, 11) is -3.29. The molecule has 0 bridgehead atoms. The Bertz CT molecular complexity index is 685. The standard InChI is InChI=1S/C15H20N2O4S/c1-11(18)13-7-3-4-8-14(13)16-15(19)12-6-5-9-17(10-12)22(2,20)21/h3-4,7-8,12H,5-6,9-10H2,1-2H3,(H,16,19). The van der Waals surface area contributed by atoms with Gasteiger partial charge in [0.25, 0.3) is 0 Å². The van der Waals surface area contributed by atoms with E-state index >= 15 is 0 Å². The molecule has 22 heavy (non-hydrogen) atoms. The van der Waals surface area contributed by atoms with Gasteiger partial charge in [-0.25, -0.2) is 12.7 Å². The van der Waals surface area contributed by atoms with Crippen molar-refractivity contribution >= 4 is 27.4 Å². The van der Waals surface area contributed by atoms with Crippen LogP contribution in [-0.4, -0.2) is 43.8 Å². The first-order valence-electron chi connectivity index (χ1n) is 7.15. The van der Waals surface area contributed by atoms with Gasteiger partial charge in [-0.1, -0.05) is 12.1 Å². The average Bonchev–Trinajstić information content (AvgIpc) is 2.47. The minimum absolute atomic E-state index is 0.127. The smallest absolute Gasteiger partial charge is 0.228 e. The minimum atomic E-state index is -3.29. The van der Waals surface area contributed by atoms with Gasteiger partial charge in [-0.2, -0.15) is 0 Å². The van der Waals surface area contributed by atoms with Crippen LogP contribution < -0.4 is 5.32 Å². The van der Waals surface area contributed by atoms with Crippen LogP contribution in [0.3, 0.4) is 0 Å². The van der Waals surface area contributed by atoms with Crippen LogP contribution in [0.25, 0.3) is 0 Å². The third-order valence-corrected chi connectivity index (χ3v) is 5.06. The van der Waals surface area contributed by atoms with E-state index in [9.17, 15) is 18.0 Å². The lowest BCUT2D eigenvalue weighted by atomic mass is 9.98. The summed E-state index contributed by atoms with van der Waals surface area (Å²) in [5.41, 5.74) is 0.920. The van der Waals surface area contributed by atoms with Gasteiger partial charge in [0.05, 0.1) is 17.9 Å². The largest absolute Gasteiger partial charge is 0.325 e. The van der Waals surface area contributed by atoms with Crippen molar-refractivity contribution in [1.29, 1.82) is 0 Å². The Morgan fingerprint density at radius 1 is 1.27 bits per heavy atom. The summed E-state index contributed by atoms with van der Waals surface area (Å²) in [6, 6.07) is 6.80. The van der Waals surface area contributed by atoms with Crippen LogP contribution in [0.5, 0.6) is 0 Å². The maximum atomic E-state index is 12.4. The number of carbonyl (C=O) groups is 2. The molecule has 0 aliphatic carbocycles. The number of carbonyl (C=O) groups excluding carboxylic acids is 2. The Morgan fingerprint density at radius 3 is 2.59 bits per heavy atom. The predicted molar refractivity (Wildman–Crippen MR) is 84.2 cm³/mol. The van der Waals surface area contributed by atoms with Crippen LogP contribution in [0, 0.1) is 5.92 Å². The molecule has 1 aliphatic heterocycles. The summed E-state index contributed by atoms with van der Waals surface area (Å²) in [5.74, 6) is -0.775. The molecule has 1 aliphatic rings. The van der Waals surface area contributed by atoms with Crippen LogP contribution in [0.1, 0.15) is 30.1 Å². The molecule has 2 rings (SSSR count). The first-order valence-corrected chi connectivity index (χ1v) is 9.00. The highest BCUT2D eigenvalue weighted by atomic mass is 32.2. The van der Waals surface area contributed by atoms with E-state index in [4.69, 9.17) is 0 Å². The molecule has 1 fully saturated rings. The summed E-state index contributed by atoms with van der Waals surface area (Å²) in [4.78, 5) is 23.9. The zero-order chi connectivity index (χ0) is 16.3. The van der Waals surface area contributed by atoms with Crippen molar-refractivity contribution in [3.8, 4) is 0 Å². The number of hydrogen-bond acceptors (Lipinski definition) is 4. The molecular formula is C15H20N2O4S. The SMILES string of the molecule is CC(=O)c1ccccc1NC(=O)C1CCCN(S(C)(=O)=O)C1. The highest BCUT2D eigenvalue weighted by Gasteiger charge is 2.30. The van der Waals surface area contributed by atoms with Gasteiger partial charge in [0, 0.05) is 18.7 Å². The van der Waals surface area contributed by atoms with E-state index in [1.165, 1.54) is 11.2 Å². The topological polar surface area (TPSA) is 83.6 Å². The molecule has 1 atom stereocenters. The van der Waals surface area contributed by atoms with Crippen molar-refractivity contribution < 1.29 is 18.0 Å². The molecule has 1 saturated heterocycles. The third-order valence-electron chi connectivity index (χ3n) is 3.79. The third kappa shape index (κ3) is 3.92. The Hall–Kier alpha value is -1.73. The second kappa shape index (κ2) is 6.58. The van der Waals surface area contributed by atoms with E-state index in [0.29, 0.717) is 30.6 Å². The zero-order valence-electron chi connectivity index (χ0n) is 12.7. The number of benzene rings is 1. The van der Waals surface area contributed by atoms with Gasteiger partial charge in [-0.15, -0.1) is 0 Å². The number of hydrogen-bond donors (Lipinski definition) is 1. The highest BCUT2D eigenvalue weighted by molar-refractivity contribution is 7.88. The molecule has 120 valence electrons. The second-order valence-corrected chi connectivity index (χ2v) is 7.53. The van der Waals surface area contributed by atoms with E-state index in [1.807, 2.05) is 0 Å². The van der Waals surface area contributed by atoms with Crippen molar-refractivity contribution in [1.82, 2.24) is 4.31 Å². The van der Waals surface area contributed by atoms with Gasteiger partial charge in [-0.3, -0.25) is 9.59 Å². The van der Waals surface area contributed by atoms with Gasteiger partial charge in [0.1, 0.15) is 0 Å². The van der Waals surface area contributed by atoms with Crippen LogP contribution in [-0.2, 0) is 14.8 Å². The van der Waals surface area contributed by atoms with Crippen molar-refractivity contribution in [3.63, 3.8) is 0 Å². The van der Waals surface area contributed by atoms with E-state index in [2.05, 4.69) is 5.32 Å². The Kier molecular flexibility index (Phi) is 4.97. The number of amides is 1. The van der Waals surface area contributed by atoms with Crippen molar-refractivity contribution in [2.45, 2.75) is 19.8 Å². The summed E-state index contributed by atoms with van der Waals surface area (Å²) in [6.07, 6.45) is 2.44. The molecule has 0 spiro atoms. The number of Topliss-reactive ketones (excluding diaryl/α,β-unsaturated/α-hetero) is 1. The van der Waals surface area contributed by atoms with Gasteiger partial charge < -0.3 is 5.32 Å². The van der Waals surface area contributed by atoms with Crippen molar-refractivity contribution in [2.24, 2.45) is 5.92 Å². The van der Waals surface area contributed by atoms with Crippen LogP contribution >= 0.6 is 0 Å². The number of piperidine rings is 1. The fraction of sp³-hybridized carbons (Fsp3) is 0.467. The summed E-state index contributed by atoms with van der Waals surface area (Å²) >= 11 is 0. The molecule has 1 heterocycles. The molecule has 6 nitrogen and oxygen atoms in total. The lowest BCUT2D eigenvalue weighted by Crippen LogP contribution is -2.43. The molecule has 1 aromatic carbocycles. The first kappa shape index (κ1) is 16.6. The average molecular weight is 324 g/mol. The molecule has 1 N–H and O–H groups in total. The van der Waals surface area contributed by atoms with Crippen LogP contribution in [0.2, 0.25) is 0 Å². The molecule has 1 unspecified atom stereocenters. The molecule has 0 aromatic heterocycles. The second-order valence-electron chi connectivity index (χ2n) is 5.55. The van der Waals surface area contributed by atoms with Gasteiger partial charge in [0.15, 0.2) is 5.78 Å². The van der Waals surface area contributed by atoms with Gasteiger partial charge in [-0.05, 0) is 31.9 Å². The maximum Gasteiger partial charge on any atom is 0.228 e. The molecular weight excluding hydrogens is 304 g/mol. The van der Waals surface area contributed by atoms with Gasteiger partial charge >= 0.3 is 0 Å². The number of nitrogens with zero attached hydrogens (tertiary/aromatic N) is 1. The van der Waals surface area contributed by atoms with Crippen molar-refractivity contribution in [3.05, 3.63) is 29.8 Å². The summed E-state index contributed by atoms with van der Waals surface area (Å²) < 4.78 is 24.5. The Morgan fingerprint density at radius 2 is 1.95 bits per heavy atom. The molecule has 7 heteroatoms. The number of sulfonamides is 1. The first-order chi connectivity index (χ1) is 10.3. The lowest BCUT2D eigenvalue weighted by Gasteiger charge is -2.30. The van der Waals surface area contributed by atoms with Crippen molar-refractivity contribution in [2.75, 3.05) is 24.7 Å². The van der Waals surface area contributed by atoms with E-state index in [0.717, 1.165) is 6.26 Å². The zero-order valence-corrected chi connectivity index (χ0v) is 13.5. The fourth-order valence-corrected chi connectivity index (χ4v) is 3.50. The normalized spacial score (nSPS) is 19.6. The number of ketones is 1. The van der Waals surface area contributed by atoms with E-state index in [1.54, 1.807) is 24.3 Å². The summed E-state index contributed by atoms with van der Waals surface area (Å²) in [5, 5.41) is 2.75. The molecule has 1 amide bonds. The lowest BCUT2D eigenvalue weighted by molar-refractivity contribution is -0.120. The number of para-hydroxylation sites is 1. The Balaban J connectivity index is 2.11. The highest BCUT2D eigenvalue weighted by Crippen LogP contribution is 2.22. The number of anilines is 1. The predicted octanol–water partition coefficient (Wildman–Crippen LogP) is 1.50. The fourth-order valence-electron chi connectivity index (χ4n) is 2.59.